The van der Waals surface area contributed by atoms with E-state index >= 15 is 0 Å². The maximum absolute atomic E-state index is 12.6. The van der Waals surface area contributed by atoms with Crippen LogP contribution >= 0.6 is 0 Å². The Morgan fingerprint density at radius 1 is 1.07 bits per heavy atom. The maximum atomic E-state index is 12.6. The van der Waals surface area contributed by atoms with Crippen molar-refractivity contribution in [1.29, 1.82) is 0 Å². The van der Waals surface area contributed by atoms with Crippen LogP contribution < -0.4 is 5.32 Å². The van der Waals surface area contributed by atoms with Crippen LogP contribution in [0.3, 0.4) is 0 Å². The van der Waals surface area contributed by atoms with Gasteiger partial charge in [0.1, 0.15) is 12.4 Å². The predicted octanol–water partition coefficient (Wildman–Crippen LogP) is 3.31. The summed E-state index contributed by atoms with van der Waals surface area (Å²) in [6.07, 6.45) is 0. The van der Waals surface area contributed by atoms with Crippen molar-refractivity contribution < 1.29 is 9.59 Å². The summed E-state index contributed by atoms with van der Waals surface area (Å²) in [5.74, 6) is 0.0994. The van der Waals surface area contributed by atoms with Crippen molar-refractivity contribution in [3.63, 3.8) is 0 Å². The molecule has 0 spiro atoms. The molecule has 3 aromatic rings. The Morgan fingerprint density at radius 3 is 2.46 bits per heavy atom. The molecule has 4 rings (SSSR count). The SMILES string of the molecule is C=C1c2ccccc2C(=O)N1CC(=O)Nc1cc(C)nn1Cc1ccccc1. The van der Waals surface area contributed by atoms with Crippen LogP contribution in [0.2, 0.25) is 0 Å². The van der Waals surface area contributed by atoms with Crippen LogP contribution in [-0.2, 0) is 11.3 Å². The molecule has 140 valence electrons. The van der Waals surface area contributed by atoms with Gasteiger partial charge in [-0.15, -0.1) is 0 Å². The van der Waals surface area contributed by atoms with Crippen LogP contribution in [0.1, 0.15) is 27.2 Å². The zero-order valence-electron chi connectivity index (χ0n) is 15.6. The Hall–Kier alpha value is -3.67. The molecule has 0 atom stereocenters. The molecule has 28 heavy (non-hydrogen) atoms. The molecule has 0 fully saturated rings. The van der Waals surface area contributed by atoms with Crippen LogP contribution in [-0.4, -0.2) is 33.0 Å². The van der Waals surface area contributed by atoms with Gasteiger partial charge in [0.25, 0.3) is 5.91 Å². The molecular formula is C22H20N4O2. The van der Waals surface area contributed by atoms with Crippen LogP contribution in [0.25, 0.3) is 5.70 Å². The Balaban J connectivity index is 1.48. The molecule has 1 aliphatic heterocycles. The molecule has 1 N–H and O–H groups in total. The number of hydrogen-bond acceptors (Lipinski definition) is 3. The molecule has 6 heteroatoms. The zero-order chi connectivity index (χ0) is 19.7. The van der Waals surface area contributed by atoms with Gasteiger partial charge in [-0.05, 0) is 18.6 Å². The van der Waals surface area contributed by atoms with Crippen LogP contribution in [0.4, 0.5) is 5.82 Å². The number of aryl methyl sites for hydroxylation is 1. The minimum atomic E-state index is -0.295. The van der Waals surface area contributed by atoms with Gasteiger partial charge in [0.15, 0.2) is 0 Å². The fraction of sp³-hybridized carbons (Fsp3) is 0.136. The number of nitrogens with zero attached hydrogens (tertiary/aromatic N) is 3. The molecule has 0 saturated heterocycles. The van der Waals surface area contributed by atoms with Gasteiger partial charge in [-0.3, -0.25) is 14.5 Å². The summed E-state index contributed by atoms with van der Waals surface area (Å²) in [5, 5.41) is 7.33. The molecule has 2 heterocycles. The molecular weight excluding hydrogens is 352 g/mol. The highest BCUT2D eigenvalue weighted by Crippen LogP contribution is 2.30. The third kappa shape index (κ3) is 3.32. The molecule has 0 radical (unpaired) electrons. The second-order valence-corrected chi connectivity index (χ2v) is 6.75. The smallest absolute Gasteiger partial charge is 0.259 e. The Labute approximate surface area is 163 Å². The van der Waals surface area contributed by atoms with E-state index in [4.69, 9.17) is 0 Å². The number of fused-ring (bicyclic) bond motifs is 1. The van der Waals surface area contributed by atoms with Gasteiger partial charge in [0, 0.05) is 22.9 Å². The fourth-order valence-electron chi connectivity index (χ4n) is 3.35. The molecule has 0 unspecified atom stereocenters. The van der Waals surface area contributed by atoms with E-state index in [9.17, 15) is 9.59 Å². The second kappa shape index (κ2) is 7.15. The quantitative estimate of drug-likeness (QED) is 0.747. The van der Waals surface area contributed by atoms with E-state index in [2.05, 4.69) is 17.0 Å². The van der Waals surface area contributed by atoms with E-state index in [0.717, 1.165) is 16.8 Å². The van der Waals surface area contributed by atoms with Crippen LogP contribution in [0.5, 0.6) is 0 Å². The topological polar surface area (TPSA) is 67.2 Å². The molecule has 0 aliphatic carbocycles. The van der Waals surface area contributed by atoms with Crippen molar-refractivity contribution in [1.82, 2.24) is 14.7 Å². The predicted molar refractivity (Wildman–Crippen MR) is 108 cm³/mol. The molecule has 1 aliphatic rings. The highest BCUT2D eigenvalue weighted by molar-refractivity contribution is 6.11. The van der Waals surface area contributed by atoms with Crippen molar-refractivity contribution in [2.45, 2.75) is 13.5 Å². The molecule has 6 nitrogen and oxygen atoms in total. The Morgan fingerprint density at radius 2 is 1.75 bits per heavy atom. The first-order valence-corrected chi connectivity index (χ1v) is 9.01. The van der Waals surface area contributed by atoms with E-state index < -0.39 is 0 Å². The molecule has 0 bridgehead atoms. The number of carbonyl (C=O) groups excluding carboxylic acids is 2. The number of rotatable bonds is 5. The first-order chi connectivity index (χ1) is 13.5. The number of anilines is 1. The van der Waals surface area contributed by atoms with Crippen LogP contribution in [0, 0.1) is 6.92 Å². The van der Waals surface area contributed by atoms with Gasteiger partial charge in [0.05, 0.1) is 12.2 Å². The summed E-state index contributed by atoms with van der Waals surface area (Å²) in [7, 11) is 0. The fourth-order valence-corrected chi connectivity index (χ4v) is 3.35. The normalized spacial score (nSPS) is 13.0. The number of aromatic nitrogens is 2. The Bertz CT molecular complexity index is 1030. The first kappa shape index (κ1) is 17.7. The minimum absolute atomic E-state index is 0.0953. The van der Waals surface area contributed by atoms with Crippen molar-refractivity contribution in [3.05, 3.63) is 89.6 Å². The van der Waals surface area contributed by atoms with E-state index in [0.29, 0.717) is 23.6 Å². The molecule has 2 aromatic carbocycles. The van der Waals surface area contributed by atoms with Crippen molar-refractivity contribution >= 4 is 23.3 Å². The van der Waals surface area contributed by atoms with Crippen molar-refractivity contribution in [2.24, 2.45) is 0 Å². The van der Waals surface area contributed by atoms with E-state index in [-0.39, 0.29) is 18.4 Å². The van der Waals surface area contributed by atoms with Crippen molar-refractivity contribution in [2.75, 3.05) is 11.9 Å². The summed E-state index contributed by atoms with van der Waals surface area (Å²) < 4.78 is 1.75. The third-order valence-corrected chi connectivity index (χ3v) is 4.69. The van der Waals surface area contributed by atoms with Gasteiger partial charge < -0.3 is 5.32 Å². The summed E-state index contributed by atoms with van der Waals surface area (Å²) in [5.41, 5.74) is 3.78. The van der Waals surface area contributed by atoms with E-state index in [1.54, 1.807) is 16.8 Å². The largest absolute Gasteiger partial charge is 0.309 e. The highest BCUT2D eigenvalue weighted by atomic mass is 16.2. The number of amides is 2. The highest BCUT2D eigenvalue weighted by Gasteiger charge is 2.32. The first-order valence-electron chi connectivity index (χ1n) is 9.01. The van der Waals surface area contributed by atoms with E-state index in [1.165, 1.54) is 4.90 Å². The number of carbonyl (C=O) groups is 2. The van der Waals surface area contributed by atoms with Crippen LogP contribution in [0.15, 0.2) is 67.2 Å². The van der Waals surface area contributed by atoms with Gasteiger partial charge in [-0.25, -0.2) is 4.68 Å². The van der Waals surface area contributed by atoms with Gasteiger partial charge >= 0.3 is 0 Å². The summed E-state index contributed by atoms with van der Waals surface area (Å²) in [6, 6.07) is 19.0. The second-order valence-electron chi connectivity index (χ2n) is 6.75. The lowest BCUT2D eigenvalue weighted by Gasteiger charge is -2.17. The lowest BCUT2D eigenvalue weighted by Crippen LogP contribution is -2.33. The van der Waals surface area contributed by atoms with Gasteiger partial charge in [0.2, 0.25) is 5.91 Å². The lowest BCUT2D eigenvalue weighted by molar-refractivity contribution is -0.116. The van der Waals surface area contributed by atoms with Gasteiger partial charge in [-0.2, -0.15) is 5.10 Å². The average Bonchev–Trinajstić information content (AvgIpc) is 3.15. The minimum Gasteiger partial charge on any atom is -0.309 e. The zero-order valence-corrected chi connectivity index (χ0v) is 15.6. The monoisotopic (exact) mass is 372 g/mol. The van der Waals surface area contributed by atoms with Crippen molar-refractivity contribution in [3.8, 4) is 0 Å². The molecule has 0 saturated carbocycles. The molecule has 1 aromatic heterocycles. The molecule has 2 amide bonds. The average molecular weight is 372 g/mol. The summed E-state index contributed by atoms with van der Waals surface area (Å²) in [4.78, 5) is 26.6. The summed E-state index contributed by atoms with van der Waals surface area (Å²) >= 11 is 0. The standard InChI is InChI=1S/C22H20N4O2/c1-15-12-20(26(24-15)13-17-8-4-3-5-9-17)23-21(27)14-25-16(2)18-10-6-7-11-19(18)22(25)28/h3-12H,2,13-14H2,1H3,(H,23,27). The maximum Gasteiger partial charge on any atom is 0.259 e. The number of hydrogen-bond donors (Lipinski definition) is 1. The summed E-state index contributed by atoms with van der Waals surface area (Å²) in [6.45, 7) is 6.30. The number of benzene rings is 2. The third-order valence-electron chi connectivity index (χ3n) is 4.69. The van der Waals surface area contributed by atoms with Gasteiger partial charge in [-0.1, -0.05) is 55.1 Å². The van der Waals surface area contributed by atoms with E-state index in [1.807, 2.05) is 55.5 Å². The lowest BCUT2D eigenvalue weighted by atomic mass is 10.1. The Kier molecular flexibility index (Phi) is 4.53. The number of nitrogens with one attached hydrogen (secondary N) is 1.